The summed E-state index contributed by atoms with van der Waals surface area (Å²) in [6.07, 6.45) is 3.37. The van der Waals surface area contributed by atoms with E-state index in [1.165, 1.54) is 17.9 Å². The molecule has 0 saturated carbocycles. The largest absolute Gasteiger partial charge is 0.355 e. The third-order valence-corrected chi connectivity index (χ3v) is 4.80. The van der Waals surface area contributed by atoms with Gasteiger partial charge in [0.15, 0.2) is 0 Å². The van der Waals surface area contributed by atoms with Gasteiger partial charge in [0.05, 0.1) is 6.04 Å². The summed E-state index contributed by atoms with van der Waals surface area (Å²) in [5.74, 6) is 3.64. The second-order valence-corrected chi connectivity index (χ2v) is 5.94. The molecule has 1 N–H and O–H groups in total. The van der Waals surface area contributed by atoms with Gasteiger partial charge in [-0.25, -0.2) is 0 Å². The molecule has 3 nitrogen and oxygen atoms in total. The average Bonchev–Trinajstić information content (AvgIpc) is 2.71. The Labute approximate surface area is 102 Å². The highest BCUT2D eigenvalue weighted by Crippen LogP contribution is 2.25. The molecule has 0 aromatic rings. The minimum absolute atomic E-state index is 0.119. The molecule has 0 radical (unpaired) electrons. The first-order valence-corrected chi connectivity index (χ1v) is 7.56. The molecule has 2 rings (SSSR count). The highest BCUT2D eigenvalue weighted by molar-refractivity contribution is 7.99. The molecule has 2 heterocycles. The van der Waals surface area contributed by atoms with E-state index in [0.29, 0.717) is 0 Å². The molecule has 2 fully saturated rings. The summed E-state index contributed by atoms with van der Waals surface area (Å²) in [6, 6.07) is 0.119. The van der Waals surface area contributed by atoms with Crippen LogP contribution in [0.2, 0.25) is 0 Å². The lowest BCUT2D eigenvalue weighted by atomic mass is 10.1. The van der Waals surface area contributed by atoms with Crippen LogP contribution in [0.25, 0.3) is 0 Å². The molecule has 0 aromatic heterocycles. The molecular weight excluding hydrogens is 220 g/mol. The number of carbonyl (C=O) groups is 1. The molecule has 4 heteroatoms. The third kappa shape index (κ3) is 2.92. The van der Waals surface area contributed by atoms with Gasteiger partial charge in [0.25, 0.3) is 0 Å². The Bertz CT molecular complexity index is 241. The molecule has 1 unspecified atom stereocenters. The van der Waals surface area contributed by atoms with E-state index in [2.05, 4.69) is 28.9 Å². The molecule has 2 aliphatic rings. The zero-order chi connectivity index (χ0) is 11.4. The smallest absolute Gasteiger partial charge is 0.237 e. The van der Waals surface area contributed by atoms with Crippen LogP contribution in [0.15, 0.2) is 0 Å². The molecule has 2 aliphatic heterocycles. The summed E-state index contributed by atoms with van der Waals surface area (Å²) in [5.41, 5.74) is 0. The number of amides is 1. The minimum Gasteiger partial charge on any atom is -0.355 e. The van der Waals surface area contributed by atoms with E-state index in [-0.39, 0.29) is 11.9 Å². The highest BCUT2D eigenvalue weighted by Gasteiger charge is 2.29. The number of hydrogen-bond acceptors (Lipinski definition) is 3. The van der Waals surface area contributed by atoms with Crippen molar-refractivity contribution in [2.24, 2.45) is 5.92 Å². The van der Waals surface area contributed by atoms with Crippen LogP contribution in [-0.4, -0.2) is 48.0 Å². The second kappa shape index (κ2) is 5.92. The van der Waals surface area contributed by atoms with E-state index in [9.17, 15) is 4.79 Å². The second-order valence-electron chi connectivity index (χ2n) is 4.79. The minimum atomic E-state index is 0.119. The zero-order valence-electron chi connectivity index (χ0n) is 10.1. The lowest BCUT2D eigenvalue weighted by Crippen LogP contribution is -2.45. The summed E-state index contributed by atoms with van der Waals surface area (Å²) < 4.78 is 0. The number of rotatable bonds is 3. The van der Waals surface area contributed by atoms with Gasteiger partial charge in [0, 0.05) is 19.6 Å². The van der Waals surface area contributed by atoms with Gasteiger partial charge in [0.1, 0.15) is 0 Å². The maximum absolute atomic E-state index is 11.9. The maximum atomic E-state index is 11.9. The predicted octanol–water partition coefficient (Wildman–Crippen LogP) is 1.34. The summed E-state index contributed by atoms with van der Waals surface area (Å²) >= 11 is 2.06. The van der Waals surface area contributed by atoms with E-state index in [0.717, 1.165) is 38.4 Å². The summed E-state index contributed by atoms with van der Waals surface area (Å²) in [4.78, 5) is 14.3. The van der Waals surface area contributed by atoms with E-state index in [1.807, 2.05) is 0 Å². The van der Waals surface area contributed by atoms with Crippen molar-refractivity contribution in [1.82, 2.24) is 10.2 Å². The molecule has 0 spiro atoms. The number of carbonyl (C=O) groups excluding carboxylic acids is 1. The van der Waals surface area contributed by atoms with Crippen molar-refractivity contribution < 1.29 is 4.79 Å². The Morgan fingerprint density at radius 3 is 3.12 bits per heavy atom. The van der Waals surface area contributed by atoms with Gasteiger partial charge in [-0.2, -0.15) is 11.8 Å². The van der Waals surface area contributed by atoms with E-state index in [1.54, 1.807) is 0 Å². The SMILES string of the molecule is CC[C@@H]1C(=O)NCCCN1CC1CCSC1. The number of thioether (sulfide) groups is 1. The Morgan fingerprint density at radius 1 is 1.56 bits per heavy atom. The van der Waals surface area contributed by atoms with Gasteiger partial charge >= 0.3 is 0 Å². The van der Waals surface area contributed by atoms with Crippen LogP contribution in [-0.2, 0) is 4.79 Å². The van der Waals surface area contributed by atoms with Crippen molar-refractivity contribution in [3.63, 3.8) is 0 Å². The first-order chi connectivity index (χ1) is 7.81. The van der Waals surface area contributed by atoms with Crippen molar-refractivity contribution in [2.45, 2.75) is 32.2 Å². The number of nitrogens with one attached hydrogen (secondary N) is 1. The Hall–Kier alpha value is -0.220. The van der Waals surface area contributed by atoms with Gasteiger partial charge in [-0.1, -0.05) is 6.92 Å². The van der Waals surface area contributed by atoms with E-state index in [4.69, 9.17) is 0 Å². The van der Waals surface area contributed by atoms with E-state index < -0.39 is 0 Å². The normalized spacial score (nSPS) is 32.4. The van der Waals surface area contributed by atoms with Crippen molar-refractivity contribution >= 4 is 17.7 Å². The van der Waals surface area contributed by atoms with Crippen molar-refractivity contribution in [2.75, 3.05) is 31.1 Å². The Morgan fingerprint density at radius 2 is 2.44 bits per heavy atom. The van der Waals surface area contributed by atoms with Crippen LogP contribution in [0.4, 0.5) is 0 Å². The fourth-order valence-corrected chi connectivity index (χ4v) is 3.93. The standard InChI is InChI=1S/C12H22N2OS/c1-2-11-12(15)13-5-3-6-14(11)8-10-4-7-16-9-10/h10-11H,2-9H2,1H3,(H,13,15)/t10?,11-/m1/s1. The van der Waals surface area contributed by atoms with Gasteiger partial charge in [0.2, 0.25) is 5.91 Å². The van der Waals surface area contributed by atoms with Crippen LogP contribution in [0, 0.1) is 5.92 Å². The monoisotopic (exact) mass is 242 g/mol. The van der Waals surface area contributed by atoms with Crippen molar-refractivity contribution in [3.8, 4) is 0 Å². The molecule has 0 aliphatic carbocycles. The lowest BCUT2D eigenvalue weighted by molar-refractivity contribution is -0.125. The lowest BCUT2D eigenvalue weighted by Gasteiger charge is -2.29. The predicted molar refractivity (Wildman–Crippen MR) is 68.7 cm³/mol. The fraction of sp³-hybridized carbons (Fsp3) is 0.917. The summed E-state index contributed by atoms with van der Waals surface area (Å²) in [5, 5.41) is 3.01. The zero-order valence-corrected chi connectivity index (χ0v) is 10.9. The van der Waals surface area contributed by atoms with Gasteiger partial charge in [-0.05, 0) is 36.7 Å². The van der Waals surface area contributed by atoms with Gasteiger partial charge in [-0.3, -0.25) is 9.69 Å². The molecule has 2 saturated heterocycles. The Balaban J connectivity index is 1.94. The van der Waals surface area contributed by atoms with Gasteiger partial charge in [-0.15, -0.1) is 0 Å². The molecule has 2 atom stereocenters. The van der Waals surface area contributed by atoms with Gasteiger partial charge < -0.3 is 5.32 Å². The molecule has 16 heavy (non-hydrogen) atoms. The third-order valence-electron chi connectivity index (χ3n) is 3.57. The van der Waals surface area contributed by atoms with Crippen molar-refractivity contribution in [3.05, 3.63) is 0 Å². The molecular formula is C12H22N2OS. The van der Waals surface area contributed by atoms with Crippen LogP contribution in [0.3, 0.4) is 0 Å². The fourth-order valence-electron chi connectivity index (χ4n) is 2.65. The summed E-state index contributed by atoms with van der Waals surface area (Å²) in [7, 11) is 0. The molecule has 0 bridgehead atoms. The number of hydrogen-bond donors (Lipinski definition) is 1. The van der Waals surface area contributed by atoms with Crippen molar-refractivity contribution in [1.29, 1.82) is 0 Å². The van der Waals surface area contributed by atoms with Crippen LogP contribution in [0.5, 0.6) is 0 Å². The first kappa shape index (κ1) is 12.2. The molecule has 1 amide bonds. The van der Waals surface area contributed by atoms with Crippen LogP contribution >= 0.6 is 11.8 Å². The maximum Gasteiger partial charge on any atom is 0.237 e. The quantitative estimate of drug-likeness (QED) is 0.810. The highest BCUT2D eigenvalue weighted by atomic mass is 32.2. The topological polar surface area (TPSA) is 32.3 Å². The molecule has 92 valence electrons. The number of nitrogens with zero attached hydrogens (tertiary/aromatic N) is 1. The first-order valence-electron chi connectivity index (χ1n) is 6.40. The summed E-state index contributed by atoms with van der Waals surface area (Å²) in [6.45, 7) is 5.18. The van der Waals surface area contributed by atoms with E-state index >= 15 is 0 Å². The average molecular weight is 242 g/mol. The Kier molecular flexibility index (Phi) is 4.53. The molecule has 0 aromatic carbocycles. The van der Waals surface area contributed by atoms with Crippen LogP contribution in [0.1, 0.15) is 26.2 Å². The van der Waals surface area contributed by atoms with Crippen LogP contribution < -0.4 is 5.32 Å².